The fourth-order valence-corrected chi connectivity index (χ4v) is 5.08. The Balaban J connectivity index is 1.58. The summed E-state index contributed by atoms with van der Waals surface area (Å²) in [5.41, 5.74) is 0.991. The summed E-state index contributed by atoms with van der Waals surface area (Å²) in [5, 5.41) is 0. The SMILES string of the molecule is COc1ccc(S(=O)(=O)NC[C@@H](c2ccc3c(c2)OCO3)N2CCCC2)c(OC)c1. The Hall–Kier alpha value is -2.49. The summed E-state index contributed by atoms with van der Waals surface area (Å²) in [7, 11) is -0.826. The third kappa shape index (κ3) is 4.19. The first kappa shape index (κ1) is 20.8. The number of fused-ring (bicyclic) bond motifs is 1. The molecule has 2 aromatic rings. The average Bonchev–Trinajstić information content (AvgIpc) is 3.45. The first-order valence-corrected chi connectivity index (χ1v) is 11.4. The summed E-state index contributed by atoms with van der Waals surface area (Å²) in [4.78, 5) is 2.38. The van der Waals surface area contributed by atoms with Gasteiger partial charge >= 0.3 is 0 Å². The molecule has 0 bridgehead atoms. The van der Waals surface area contributed by atoms with Gasteiger partial charge in [0.15, 0.2) is 11.5 Å². The number of sulfonamides is 1. The molecule has 0 aliphatic carbocycles. The average molecular weight is 435 g/mol. The maximum absolute atomic E-state index is 13.1. The minimum atomic E-state index is -3.79. The van der Waals surface area contributed by atoms with Crippen LogP contribution < -0.4 is 23.7 Å². The van der Waals surface area contributed by atoms with E-state index in [-0.39, 0.29) is 30.0 Å². The molecular formula is C21H26N2O6S. The normalized spacial score (nSPS) is 17.1. The molecule has 162 valence electrons. The standard InChI is InChI=1S/C21H26N2O6S/c1-26-16-6-8-21(20(12-16)27-2)30(24,25)22-13-17(23-9-3-4-10-23)15-5-7-18-19(11-15)29-14-28-18/h5-8,11-12,17,22H,3-4,9-10,13-14H2,1-2H3/t17-/m0/s1. The van der Waals surface area contributed by atoms with Crippen molar-refractivity contribution in [2.24, 2.45) is 0 Å². The number of benzene rings is 2. The molecule has 1 N–H and O–H groups in total. The first-order valence-electron chi connectivity index (χ1n) is 9.87. The van der Waals surface area contributed by atoms with Crippen molar-refractivity contribution >= 4 is 10.0 Å². The first-order chi connectivity index (χ1) is 14.5. The van der Waals surface area contributed by atoms with Gasteiger partial charge in [0, 0.05) is 18.7 Å². The topological polar surface area (TPSA) is 86.3 Å². The quantitative estimate of drug-likeness (QED) is 0.683. The molecule has 0 amide bonds. The number of nitrogens with zero attached hydrogens (tertiary/aromatic N) is 1. The van der Waals surface area contributed by atoms with E-state index in [2.05, 4.69) is 9.62 Å². The maximum atomic E-state index is 13.1. The van der Waals surface area contributed by atoms with Crippen molar-refractivity contribution in [1.82, 2.24) is 9.62 Å². The van der Waals surface area contributed by atoms with Crippen LogP contribution in [0, 0.1) is 0 Å². The van der Waals surface area contributed by atoms with Crippen LogP contribution in [0.1, 0.15) is 24.4 Å². The highest BCUT2D eigenvalue weighted by atomic mass is 32.2. The van der Waals surface area contributed by atoms with Gasteiger partial charge in [-0.15, -0.1) is 0 Å². The van der Waals surface area contributed by atoms with Gasteiger partial charge in [0.1, 0.15) is 16.4 Å². The van der Waals surface area contributed by atoms with E-state index in [9.17, 15) is 8.42 Å². The van der Waals surface area contributed by atoms with Crippen molar-refractivity contribution in [3.8, 4) is 23.0 Å². The van der Waals surface area contributed by atoms with Gasteiger partial charge in [-0.1, -0.05) is 6.07 Å². The highest BCUT2D eigenvalue weighted by molar-refractivity contribution is 7.89. The molecule has 2 aliphatic rings. The third-order valence-electron chi connectivity index (χ3n) is 5.49. The van der Waals surface area contributed by atoms with E-state index >= 15 is 0 Å². The number of ether oxygens (including phenoxy) is 4. The second-order valence-corrected chi connectivity index (χ2v) is 8.98. The van der Waals surface area contributed by atoms with E-state index in [1.807, 2.05) is 18.2 Å². The van der Waals surface area contributed by atoms with Gasteiger partial charge in [-0.05, 0) is 55.8 Å². The lowest BCUT2D eigenvalue weighted by molar-refractivity contribution is 0.173. The highest BCUT2D eigenvalue weighted by Gasteiger charge is 2.28. The number of methoxy groups -OCH3 is 2. The van der Waals surface area contributed by atoms with Crippen LogP contribution in [0.5, 0.6) is 23.0 Å². The predicted molar refractivity (Wildman–Crippen MR) is 111 cm³/mol. The molecule has 0 radical (unpaired) electrons. The Bertz CT molecular complexity index is 1000. The summed E-state index contributed by atoms with van der Waals surface area (Å²) >= 11 is 0. The molecule has 2 aliphatic heterocycles. The Kier molecular flexibility index (Phi) is 6.03. The van der Waals surface area contributed by atoms with Crippen molar-refractivity contribution in [2.75, 3.05) is 40.6 Å². The molecule has 30 heavy (non-hydrogen) atoms. The van der Waals surface area contributed by atoms with Gasteiger partial charge in [0.05, 0.1) is 14.2 Å². The number of likely N-dealkylation sites (tertiary alicyclic amines) is 1. The monoisotopic (exact) mass is 434 g/mol. The molecule has 1 saturated heterocycles. The van der Waals surface area contributed by atoms with Crippen molar-refractivity contribution in [1.29, 1.82) is 0 Å². The van der Waals surface area contributed by atoms with Gasteiger partial charge in [-0.25, -0.2) is 13.1 Å². The lowest BCUT2D eigenvalue weighted by atomic mass is 10.1. The molecule has 9 heteroatoms. The van der Waals surface area contributed by atoms with E-state index in [1.54, 1.807) is 12.1 Å². The smallest absolute Gasteiger partial charge is 0.244 e. The molecule has 4 rings (SSSR count). The summed E-state index contributed by atoms with van der Waals surface area (Å²) in [5.74, 6) is 2.17. The molecule has 1 atom stereocenters. The van der Waals surface area contributed by atoms with Crippen LogP contribution in [0.3, 0.4) is 0 Å². The van der Waals surface area contributed by atoms with Crippen LogP contribution in [-0.4, -0.2) is 54.0 Å². The largest absolute Gasteiger partial charge is 0.497 e. The Morgan fingerprint density at radius 3 is 2.53 bits per heavy atom. The van der Waals surface area contributed by atoms with E-state index in [0.29, 0.717) is 17.2 Å². The Morgan fingerprint density at radius 1 is 1.03 bits per heavy atom. The Morgan fingerprint density at radius 2 is 1.80 bits per heavy atom. The molecular weight excluding hydrogens is 408 g/mol. The fraction of sp³-hybridized carbons (Fsp3) is 0.429. The molecule has 0 aromatic heterocycles. The van der Waals surface area contributed by atoms with E-state index in [4.69, 9.17) is 18.9 Å². The Labute approximate surface area is 176 Å². The van der Waals surface area contributed by atoms with Gasteiger partial charge < -0.3 is 18.9 Å². The maximum Gasteiger partial charge on any atom is 0.244 e. The van der Waals surface area contributed by atoms with Crippen molar-refractivity contribution in [3.63, 3.8) is 0 Å². The van der Waals surface area contributed by atoms with Crippen LogP contribution in [-0.2, 0) is 10.0 Å². The lowest BCUT2D eigenvalue weighted by Crippen LogP contribution is -2.36. The number of hydrogen-bond acceptors (Lipinski definition) is 7. The lowest BCUT2D eigenvalue weighted by Gasteiger charge is -2.28. The van der Waals surface area contributed by atoms with Crippen molar-refractivity contribution in [3.05, 3.63) is 42.0 Å². The summed E-state index contributed by atoms with van der Waals surface area (Å²) < 4.78 is 50.2. The molecule has 1 fully saturated rings. The van der Waals surface area contributed by atoms with Crippen LogP contribution in [0.4, 0.5) is 0 Å². The van der Waals surface area contributed by atoms with Crippen LogP contribution in [0.2, 0.25) is 0 Å². The molecule has 0 saturated carbocycles. The number of hydrogen-bond donors (Lipinski definition) is 1. The second kappa shape index (κ2) is 8.71. The molecule has 2 heterocycles. The summed E-state index contributed by atoms with van der Waals surface area (Å²) in [6, 6.07) is 10.3. The summed E-state index contributed by atoms with van der Waals surface area (Å²) in [6.07, 6.45) is 2.19. The van der Waals surface area contributed by atoms with Gasteiger partial charge in [-0.2, -0.15) is 0 Å². The minimum absolute atomic E-state index is 0.0802. The number of rotatable bonds is 8. The van der Waals surface area contributed by atoms with Gasteiger partial charge in [0.25, 0.3) is 0 Å². The van der Waals surface area contributed by atoms with E-state index < -0.39 is 10.0 Å². The molecule has 8 nitrogen and oxygen atoms in total. The highest BCUT2D eigenvalue weighted by Crippen LogP contribution is 2.36. The summed E-state index contributed by atoms with van der Waals surface area (Å²) in [6.45, 7) is 2.29. The zero-order valence-electron chi connectivity index (χ0n) is 17.1. The van der Waals surface area contributed by atoms with E-state index in [0.717, 1.165) is 31.5 Å². The molecule has 0 spiro atoms. The van der Waals surface area contributed by atoms with Crippen LogP contribution >= 0.6 is 0 Å². The zero-order valence-corrected chi connectivity index (χ0v) is 17.9. The number of nitrogens with one attached hydrogen (secondary N) is 1. The fourth-order valence-electron chi connectivity index (χ4n) is 3.89. The van der Waals surface area contributed by atoms with Crippen molar-refractivity contribution < 1.29 is 27.4 Å². The zero-order chi connectivity index (χ0) is 21.1. The second-order valence-electron chi connectivity index (χ2n) is 7.24. The minimum Gasteiger partial charge on any atom is -0.497 e. The van der Waals surface area contributed by atoms with Crippen LogP contribution in [0.15, 0.2) is 41.3 Å². The van der Waals surface area contributed by atoms with Gasteiger partial charge in [-0.3, -0.25) is 4.90 Å². The predicted octanol–water partition coefficient (Wildman–Crippen LogP) is 2.55. The molecule has 0 unspecified atom stereocenters. The van der Waals surface area contributed by atoms with Crippen molar-refractivity contribution in [2.45, 2.75) is 23.8 Å². The van der Waals surface area contributed by atoms with Gasteiger partial charge in [0.2, 0.25) is 16.8 Å². The third-order valence-corrected chi connectivity index (χ3v) is 6.95. The van der Waals surface area contributed by atoms with E-state index in [1.165, 1.54) is 20.3 Å². The van der Waals surface area contributed by atoms with Crippen LogP contribution in [0.25, 0.3) is 0 Å². The molecule has 2 aromatic carbocycles.